The summed E-state index contributed by atoms with van der Waals surface area (Å²) in [5, 5.41) is 7.21. The second-order valence-electron chi connectivity index (χ2n) is 7.23. The molecule has 0 aliphatic rings. The van der Waals surface area contributed by atoms with Gasteiger partial charge in [0.15, 0.2) is 5.82 Å². The average molecular weight is 418 g/mol. The number of hydrogen-bond acceptors (Lipinski definition) is 6. The molecule has 30 heavy (non-hydrogen) atoms. The Kier molecular flexibility index (Phi) is 5.99. The van der Waals surface area contributed by atoms with Crippen LogP contribution in [0, 0.1) is 0 Å². The molecule has 4 aromatic rings. The molecule has 0 unspecified atom stereocenters. The first-order chi connectivity index (χ1) is 14.6. The van der Waals surface area contributed by atoms with Gasteiger partial charge in [0.2, 0.25) is 5.91 Å². The highest BCUT2D eigenvalue weighted by molar-refractivity contribution is 7.21. The van der Waals surface area contributed by atoms with Crippen molar-refractivity contribution in [3.05, 3.63) is 60.9 Å². The molecule has 0 fully saturated rings. The van der Waals surface area contributed by atoms with Crippen LogP contribution in [0.2, 0.25) is 0 Å². The Labute approximate surface area is 179 Å². The number of amides is 1. The van der Waals surface area contributed by atoms with Crippen LogP contribution >= 0.6 is 11.3 Å². The van der Waals surface area contributed by atoms with E-state index in [4.69, 9.17) is 9.97 Å². The highest BCUT2D eigenvalue weighted by atomic mass is 32.1. The number of thiophene rings is 1. The van der Waals surface area contributed by atoms with E-state index in [1.54, 1.807) is 23.7 Å². The maximum absolute atomic E-state index is 12.0. The van der Waals surface area contributed by atoms with Gasteiger partial charge >= 0.3 is 0 Å². The highest BCUT2D eigenvalue weighted by Gasteiger charge is 2.14. The van der Waals surface area contributed by atoms with Crippen molar-refractivity contribution in [1.29, 1.82) is 0 Å². The average Bonchev–Trinajstić information content (AvgIpc) is 3.19. The largest absolute Gasteiger partial charge is 0.369 e. The summed E-state index contributed by atoms with van der Waals surface area (Å²) in [6.45, 7) is 4.40. The summed E-state index contributed by atoms with van der Waals surface area (Å²) < 4.78 is 0. The molecule has 0 bridgehead atoms. The number of nitrogens with zero attached hydrogens (tertiary/aromatic N) is 3. The smallest absolute Gasteiger partial charge is 0.221 e. The number of anilines is 1. The molecule has 0 saturated heterocycles. The standard InChI is InChI=1S/C23H23N5OS/c1-15(2)26-20(29)10-12-25-22-18-13-19(16-7-4-3-5-8-16)30-23(18)28-21(27-22)17-9-6-11-24-14-17/h3-9,11,13-15H,10,12H2,1-2H3,(H,26,29)(H,25,27,28). The van der Waals surface area contributed by atoms with E-state index in [-0.39, 0.29) is 11.9 Å². The van der Waals surface area contributed by atoms with E-state index in [0.29, 0.717) is 18.8 Å². The lowest BCUT2D eigenvalue weighted by Gasteiger charge is -2.10. The van der Waals surface area contributed by atoms with Gasteiger partial charge in [0, 0.05) is 41.8 Å². The van der Waals surface area contributed by atoms with Crippen LogP contribution in [-0.2, 0) is 4.79 Å². The normalized spacial score (nSPS) is 11.0. The second-order valence-corrected chi connectivity index (χ2v) is 8.26. The van der Waals surface area contributed by atoms with E-state index < -0.39 is 0 Å². The maximum atomic E-state index is 12.0. The molecular weight excluding hydrogens is 394 g/mol. The van der Waals surface area contributed by atoms with Crippen LogP contribution in [-0.4, -0.2) is 33.4 Å². The second kappa shape index (κ2) is 9.00. The zero-order valence-corrected chi connectivity index (χ0v) is 17.7. The SMILES string of the molecule is CC(C)NC(=O)CCNc1nc(-c2cccnc2)nc2sc(-c3ccccc3)cc12. The minimum atomic E-state index is 0.0191. The summed E-state index contributed by atoms with van der Waals surface area (Å²) in [5.41, 5.74) is 2.00. The minimum Gasteiger partial charge on any atom is -0.369 e. The first-order valence-electron chi connectivity index (χ1n) is 9.91. The number of carbonyl (C=O) groups excluding carboxylic acids is 1. The fraction of sp³-hybridized carbons (Fsp3) is 0.217. The summed E-state index contributed by atoms with van der Waals surface area (Å²) >= 11 is 1.63. The summed E-state index contributed by atoms with van der Waals surface area (Å²) in [5.74, 6) is 1.37. The lowest BCUT2D eigenvalue weighted by molar-refractivity contribution is -0.121. The van der Waals surface area contributed by atoms with Gasteiger partial charge in [-0.3, -0.25) is 9.78 Å². The van der Waals surface area contributed by atoms with E-state index in [0.717, 1.165) is 32.0 Å². The Hall–Kier alpha value is -3.32. The molecule has 4 rings (SSSR count). The Bertz CT molecular complexity index is 1140. The Morgan fingerprint density at radius 3 is 2.60 bits per heavy atom. The van der Waals surface area contributed by atoms with Crippen LogP contribution in [0.1, 0.15) is 20.3 Å². The number of carbonyl (C=O) groups is 1. The molecule has 0 aliphatic heterocycles. The van der Waals surface area contributed by atoms with Crippen LogP contribution in [0.5, 0.6) is 0 Å². The molecule has 6 nitrogen and oxygen atoms in total. The zero-order chi connectivity index (χ0) is 20.9. The van der Waals surface area contributed by atoms with Crippen molar-refractivity contribution in [2.75, 3.05) is 11.9 Å². The van der Waals surface area contributed by atoms with Crippen molar-refractivity contribution >= 4 is 33.3 Å². The molecule has 3 aromatic heterocycles. The molecule has 1 aromatic carbocycles. The van der Waals surface area contributed by atoms with E-state index >= 15 is 0 Å². The quantitative estimate of drug-likeness (QED) is 0.454. The lowest BCUT2D eigenvalue weighted by Crippen LogP contribution is -2.31. The summed E-state index contributed by atoms with van der Waals surface area (Å²) in [7, 11) is 0. The number of benzene rings is 1. The van der Waals surface area contributed by atoms with Crippen molar-refractivity contribution < 1.29 is 4.79 Å². The molecule has 152 valence electrons. The van der Waals surface area contributed by atoms with Gasteiger partial charge in [0.1, 0.15) is 10.6 Å². The number of aromatic nitrogens is 3. The van der Waals surface area contributed by atoms with Crippen molar-refractivity contribution in [3.8, 4) is 21.8 Å². The van der Waals surface area contributed by atoms with Gasteiger partial charge in [-0.2, -0.15) is 0 Å². The van der Waals surface area contributed by atoms with Crippen molar-refractivity contribution in [3.63, 3.8) is 0 Å². The molecule has 0 radical (unpaired) electrons. The summed E-state index contributed by atoms with van der Waals surface area (Å²) in [6.07, 6.45) is 3.86. The molecule has 0 aliphatic carbocycles. The third kappa shape index (κ3) is 4.63. The van der Waals surface area contributed by atoms with E-state index in [1.165, 1.54) is 0 Å². The highest BCUT2D eigenvalue weighted by Crippen LogP contribution is 2.36. The van der Waals surface area contributed by atoms with Crippen LogP contribution in [0.4, 0.5) is 5.82 Å². The number of hydrogen-bond donors (Lipinski definition) is 2. The van der Waals surface area contributed by atoms with Gasteiger partial charge in [-0.25, -0.2) is 9.97 Å². The van der Waals surface area contributed by atoms with Gasteiger partial charge in [0.05, 0.1) is 5.39 Å². The van der Waals surface area contributed by atoms with Gasteiger partial charge < -0.3 is 10.6 Å². The molecular formula is C23H23N5OS. The van der Waals surface area contributed by atoms with Gasteiger partial charge in [-0.05, 0) is 37.6 Å². The monoisotopic (exact) mass is 417 g/mol. The minimum absolute atomic E-state index is 0.0191. The molecule has 2 N–H and O–H groups in total. The molecule has 0 atom stereocenters. The Morgan fingerprint density at radius 1 is 1.07 bits per heavy atom. The third-order valence-electron chi connectivity index (χ3n) is 4.46. The zero-order valence-electron chi connectivity index (χ0n) is 16.9. The molecule has 0 spiro atoms. The maximum Gasteiger partial charge on any atom is 0.221 e. The first-order valence-corrected chi connectivity index (χ1v) is 10.7. The van der Waals surface area contributed by atoms with Crippen LogP contribution in [0.3, 0.4) is 0 Å². The third-order valence-corrected chi connectivity index (χ3v) is 5.54. The number of fused-ring (bicyclic) bond motifs is 1. The van der Waals surface area contributed by atoms with Crippen molar-refractivity contribution in [2.24, 2.45) is 0 Å². The Balaban J connectivity index is 1.68. The lowest BCUT2D eigenvalue weighted by atomic mass is 10.2. The topological polar surface area (TPSA) is 79.8 Å². The molecule has 0 saturated carbocycles. The van der Waals surface area contributed by atoms with Crippen molar-refractivity contribution in [2.45, 2.75) is 26.3 Å². The molecule has 7 heteroatoms. The number of pyridine rings is 1. The summed E-state index contributed by atoms with van der Waals surface area (Å²) in [6, 6.07) is 16.3. The fourth-order valence-electron chi connectivity index (χ4n) is 3.11. The van der Waals surface area contributed by atoms with E-state index in [1.807, 2.05) is 44.2 Å². The van der Waals surface area contributed by atoms with Gasteiger partial charge in [-0.15, -0.1) is 11.3 Å². The molecule has 3 heterocycles. The Morgan fingerprint density at radius 2 is 1.87 bits per heavy atom. The summed E-state index contributed by atoms with van der Waals surface area (Å²) in [4.78, 5) is 27.7. The van der Waals surface area contributed by atoms with Crippen LogP contribution in [0.25, 0.3) is 32.0 Å². The predicted octanol–water partition coefficient (Wildman–Crippen LogP) is 4.75. The van der Waals surface area contributed by atoms with E-state index in [2.05, 4.69) is 33.8 Å². The van der Waals surface area contributed by atoms with Gasteiger partial charge in [0.25, 0.3) is 0 Å². The predicted molar refractivity (Wildman–Crippen MR) is 122 cm³/mol. The first kappa shape index (κ1) is 20.0. The molecule has 1 amide bonds. The van der Waals surface area contributed by atoms with Crippen LogP contribution in [0.15, 0.2) is 60.9 Å². The van der Waals surface area contributed by atoms with Crippen molar-refractivity contribution in [1.82, 2.24) is 20.3 Å². The fourth-order valence-corrected chi connectivity index (χ4v) is 4.15. The van der Waals surface area contributed by atoms with E-state index in [9.17, 15) is 4.79 Å². The number of nitrogens with one attached hydrogen (secondary N) is 2. The van der Waals surface area contributed by atoms with Gasteiger partial charge in [-0.1, -0.05) is 30.3 Å². The number of rotatable bonds is 7. The van der Waals surface area contributed by atoms with Crippen LogP contribution < -0.4 is 10.6 Å².